The van der Waals surface area contributed by atoms with Crippen molar-refractivity contribution in [3.05, 3.63) is 0 Å². The Labute approximate surface area is 111 Å². The minimum atomic E-state index is -4.23. The molecule has 0 aromatic carbocycles. The molecule has 2 unspecified atom stereocenters. The second kappa shape index (κ2) is 5.97. The number of nitrogens with one attached hydrogen (secondary N) is 1. The van der Waals surface area contributed by atoms with Crippen LogP contribution in [0.2, 0.25) is 0 Å². The molecule has 1 N–H and O–H groups in total. The summed E-state index contributed by atoms with van der Waals surface area (Å²) in [5, 5.41) is 3.27. The van der Waals surface area contributed by atoms with E-state index in [1.165, 1.54) is 6.42 Å². The van der Waals surface area contributed by atoms with E-state index in [1.54, 1.807) is 7.11 Å². The number of rotatable bonds is 8. The van der Waals surface area contributed by atoms with Crippen LogP contribution in [0, 0.1) is 17.3 Å². The summed E-state index contributed by atoms with van der Waals surface area (Å²) in [6.45, 7) is 1.14. The maximum absolute atomic E-state index is 12.1. The number of hydrogen-bond acceptors (Lipinski definition) is 3. The average Bonchev–Trinajstić information content (AvgIpc) is 2.92. The van der Waals surface area contributed by atoms with Gasteiger partial charge in [0.1, 0.15) is 6.61 Å². The first kappa shape index (κ1) is 15.1. The van der Waals surface area contributed by atoms with Gasteiger partial charge in [-0.15, -0.1) is 0 Å². The molecule has 0 aromatic heterocycles. The smallest absolute Gasteiger partial charge is 0.383 e. The minimum absolute atomic E-state index is 0.105. The maximum Gasteiger partial charge on any atom is 0.411 e. The van der Waals surface area contributed by atoms with Gasteiger partial charge in [-0.2, -0.15) is 13.2 Å². The van der Waals surface area contributed by atoms with Crippen LogP contribution in [-0.4, -0.2) is 46.2 Å². The highest BCUT2D eigenvalue weighted by Gasteiger charge is 2.53. The third kappa shape index (κ3) is 4.61. The summed E-state index contributed by atoms with van der Waals surface area (Å²) in [7, 11) is 1.63. The number of halogens is 3. The van der Waals surface area contributed by atoms with Gasteiger partial charge in [0.05, 0.1) is 13.2 Å². The summed E-state index contributed by atoms with van der Waals surface area (Å²) in [5.74, 6) is 1.44. The van der Waals surface area contributed by atoms with Gasteiger partial charge in [0.2, 0.25) is 0 Å². The van der Waals surface area contributed by atoms with Gasteiger partial charge in [-0.05, 0) is 31.1 Å². The molecule has 2 aliphatic rings. The van der Waals surface area contributed by atoms with E-state index in [-0.39, 0.29) is 12.0 Å². The van der Waals surface area contributed by atoms with E-state index in [0.717, 1.165) is 37.8 Å². The molecule has 6 heteroatoms. The summed E-state index contributed by atoms with van der Waals surface area (Å²) in [6.07, 6.45) is -0.990. The van der Waals surface area contributed by atoms with Gasteiger partial charge in [0, 0.05) is 25.6 Å². The van der Waals surface area contributed by atoms with Crippen LogP contribution < -0.4 is 5.32 Å². The summed E-state index contributed by atoms with van der Waals surface area (Å²) >= 11 is 0. The molecule has 0 aromatic rings. The zero-order valence-corrected chi connectivity index (χ0v) is 11.3. The normalized spacial score (nSPS) is 33.5. The van der Waals surface area contributed by atoms with E-state index >= 15 is 0 Å². The van der Waals surface area contributed by atoms with Gasteiger partial charge >= 0.3 is 6.18 Å². The van der Waals surface area contributed by atoms with Crippen LogP contribution in [0.5, 0.6) is 0 Å². The maximum atomic E-state index is 12.1. The van der Waals surface area contributed by atoms with Crippen molar-refractivity contribution < 1.29 is 22.6 Å². The van der Waals surface area contributed by atoms with Crippen LogP contribution in [0.1, 0.15) is 19.3 Å². The summed E-state index contributed by atoms with van der Waals surface area (Å²) < 4.78 is 46.3. The summed E-state index contributed by atoms with van der Waals surface area (Å²) in [6, 6.07) is 0. The molecule has 0 aliphatic heterocycles. The average molecular weight is 281 g/mol. The molecular weight excluding hydrogens is 259 g/mol. The van der Waals surface area contributed by atoms with Crippen molar-refractivity contribution in [3.63, 3.8) is 0 Å². The lowest BCUT2D eigenvalue weighted by atomic mass is 9.83. The monoisotopic (exact) mass is 281 g/mol. The standard InChI is InChI=1S/C13H22F3NO2/c1-18-3-2-17-7-12(5-10-4-11(10)6-12)8-19-9-13(14,15)16/h10-11,17H,2-9H2,1H3. The molecule has 2 fully saturated rings. The largest absolute Gasteiger partial charge is 0.411 e. The zero-order valence-electron chi connectivity index (χ0n) is 11.3. The molecule has 3 nitrogen and oxygen atoms in total. The molecule has 19 heavy (non-hydrogen) atoms. The fourth-order valence-electron chi connectivity index (χ4n) is 3.23. The number of fused-ring (bicyclic) bond motifs is 1. The van der Waals surface area contributed by atoms with Gasteiger partial charge in [-0.1, -0.05) is 0 Å². The first-order chi connectivity index (χ1) is 8.94. The Morgan fingerprint density at radius 1 is 1.26 bits per heavy atom. The Kier molecular flexibility index (Phi) is 4.74. The van der Waals surface area contributed by atoms with Gasteiger partial charge in [-0.25, -0.2) is 0 Å². The fourth-order valence-corrected chi connectivity index (χ4v) is 3.23. The summed E-state index contributed by atoms with van der Waals surface area (Å²) in [4.78, 5) is 0. The quantitative estimate of drug-likeness (QED) is 0.692. The Morgan fingerprint density at radius 3 is 2.53 bits per heavy atom. The Hall–Kier alpha value is -0.330. The second-order valence-corrected chi connectivity index (χ2v) is 5.94. The van der Waals surface area contributed by atoms with Gasteiger partial charge in [0.15, 0.2) is 0 Å². The molecule has 0 saturated heterocycles. The lowest BCUT2D eigenvalue weighted by Crippen LogP contribution is -2.39. The SMILES string of the molecule is COCCNCC1(COCC(F)(F)F)CC2CC2C1. The van der Waals surface area contributed by atoms with Crippen molar-refractivity contribution >= 4 is 0 Å². The van der Waals surface area contributed by atoms with Crippen LogP contribution in [0.15, 0.2) is 0 Å². The first-order valence-corrected chi connectivity index (χ1v) is 6.78. The Morgan fingerprint density at radius 2 is 1.95 bits per heavy atom. The van der Waals surface area contributed by atoms with Crippen molar-refractivity contribution in [1.82, 2.24) is 5.32 Å². The third-order valence-corrected chi connectivity index (χ3v) is 4.12. The fraction of sp³-hybridized carbons (Fsp3) is 1.00. The zero-order chi connectivity index (χ0) is 13.9. The van der Waals surface area contributed by atoms with E-state index in [9.17, 15) is 13.2 Å². The van der Waals surface area contributed by atoms with E-state index in [1.807, 2.05) is 0 Å². The topological polar surface area (TPSA) is 30.5 Å². The van der Waals surface area contributed by atoms with Gasteiger partial charge < -0.3 is 14.8 Å². The summed E-state index contributed by atoms with van der Waals surface area (Å²) in [5.41, 5.74) is -0.105. The van der Waals surface area contributed by atoms with Crippen molar-refractivity contribution in [2.75, 3.05) is 40.0 Å². The van der Waals surface area contributed by atoms with E-state index < -0.39 is 12.8 Å². The third-order valence-electron chi connectivity index (χ3n) is 4.12. The van der Waals surface area contributed by atoms with Crippen molar-refractivity contribution in [1.29, 1.82) is 0 Å². The minimum Gasteiger partial charge on any atom is -0.383 e. The van der Waals surface area contributed by atoms with Crippen molar-refractivity contribution in [2.45, 2.75) is 25.4 Å². The van der Waals surface area contributed by atoms with E-state index in [2.05, 4.69) is 5.32 Å². The Bertz CT molecular complexity index is 286. The number of hydrogen-bond donors (Lipinski definition) is 1. The molecule has 0 heterocycles. The van der Waals surface area contributed by atoms with Gasteiger partial charge in [-0.3, -0.25) is 0 Å². The predicted octanol–water partition coefficient (Wildman–Crippen LogP) is 2.22. The molecule has 2 rings (SSSR count). The van der Waals surface area contributed by atoms with Gasteiger partial charge in [0.25, 0.3) is 0 Å². The van der Waals surface area contributed by atoms with Crippen LogP contribution in [0.3, 0.4) is 0 Å². The molecule has 112 valence electrons. The highest BCUT2D eigenvalue weighted by atomic mass is 19.4. The van der Waals surface area contributed by atoms with Crippen molar-refractivity contribution in [3.8, 4) is 0 Å². The molecule has 0 amide bonds. The van der Waals surface area contributed by atoms with Crippen LogP contribution in [-0.2, 0) is 9.47 Å². The lowest BCUT2D eigenvalue weighted by Gasteiger charge is -2.31. The van der Waals surface area contributed by atoms with Crippen molar-refractivity contribution in [2.24, 2.45) is 17.3 Å². The molecule has 0 spiro atoms. The predicted molar refractivity (Wildman–Crippen MR) is 64.9 cm³/mol. The highest BCUT2D eigenvalue weighted by molar-refractivity contribution is 5.04. The van der Waals surface area contributed by atoms with Crippen LogP contribution in [0.4, 0.5) is 13.2 Å². The molecule has 2 saturated carbocycles. The first-order valence-electron chi connectivity index (χ1n) is 6.78. The van der Waals surface area contributed by atoms with Crippen LogP contribution in [0.25, 0.3) is 0 Å². The lowest BCUT2D eigenvalue weighted by molar-refractivity contribution is -0.181. The number of ether oxygens (including phenoxy) is 2. The molecule has 0 radical (unpaired) electrons. The van der Waals surface area contributed by atoms with E-state index in [0.29, 0.717) is 6.61 Å². The Balaban J connectivity index is 1.75. The second-order valence-electron chi connectivity index (χ2n) is 5.94. The molecule has 2 atom stereocenters. The number of alkyl halides is 3. The van der Waals surface area contributed by atoms with E-state index in [4.69, 9.17) is 9.47 Å². The molecule has 2 aliphatic carbocycles. The number of methoxy groups -OCH3 is 1. The highest BCUT2D eigenvalue weighted by Crippen LogP contribution is 2.59. The van der Waals surface area contributed by atoms with Crippen LogP contribution >= 0.6 is 0 Å². The molecular formula is C13H22F3NO2. The molecule has 0 bridgehead atoms.